The number of fused-ring (bicyclic) bond motifs is 1. The third-order valence-electron chi connectivity index (χ3n) is 5.30. The van der Waals surface area contributed by atoms with Gasteiger partial charge in [-0.3, -0.25) is 4.90 Å². The number of ether oxygens (including phenoxy) is 1. The molecule has 110 valence electrons. The summed E-state index contributed by atoms with van der Waals surface area (Å²) in [5.41, 5.74) is 1.60. The van der Waals surface area contributed by atoms with E-state index in [2.05, 4.69) is 54.4 Å². The Balaban J connectivity index is 1.88. The van der Waals surface area contributed by atoms with Gasteiger partial charge in [0.2, 0.25) is 0 Å². The molecule has 0 aliphatic carbocycles. The zero-order valence-corrected chi connectivity index (χ0v) is 12.8. The average molecular weight is 274 g/mol. The van der Waals surface area contributed by atoms with Crippen molar-refractivity contribution in [3.05, 3.63) is 35.9 Å². The van der Waals surface area contributed by atoms with E-state index in [9.17, 15) is 0 Å². The second kappa shape index (κ2) is 5.47. The number of rotatable bonds is 4. The molecule has 0 bridgehead atoms. The van der Waals surface area contributed by atoms with Gasteiger partial charge in [0.05, 0.1) is 12.6 Å². The fraction of sp³-hybridized carbons (Fsp3) is 0.647. The van der Waals surface area contributed by atoms with Crippen LogP contribution in [-0.2, 0) is 4.74 Å². The van der Waals surface area contributed by atoms with Gasteiger partial charge in [0.15, 0.2) is 0 Å². The Bertz CT molecular complexity index is 446. The lowest BCUT2D eigenvalue weighted by Crippen LogP contribution is -2.47. The molecular formula is C17H26N2O. The van der Waals surface area contributed by atoms with Crippen LogP contribution in [0.4, 0.5) is 0 Å². The topological polar surface area (TPSA) is 24.5 Å². The van der Waals surface area contributed by atoms with Gasteiger partial charge in [0, 0.05) is 25.7 Å². The lowest BCUT2D eigenvalue weighted by molar-refractivity contribution is 0.0362. The minimum atomic E-state index is 0.229. The van der Waals surface area contributed by atoms with Crippen molar-refractivity contribution >= 4 is 0 Å². The summed E-state index contributed by atoms with van der Waals surface area (Å²) >= 11 is 0. The molecule has 3 atom stereocenters. The summed E-state index contributed by atoms with van der Waals surface area (Å²) < 4.78 is 5.53. The standard InChI is InChI=1S/C17H26N2O/c1-17(2)15-10-18-9-14(15)11-19(17)16(12-20-3)13-7-5-4-6-8-13/h4-8,14-16,18H,9-12H2,1-3H3. The van der Waals surface area contributed by atoms with Crippen molar-refractivity contribution in [2.45, 2.75) is 25.4 Å². The van der Waals surface area contributed by atoms with Gasteiger partial charge in [-0.1, -0.05) is 30.3 Å². The van der Waals surface area contributed by atoms with Crippen molar-refractivity contribution in [2.75, 3.05) is 33.4 Å². The summed E-state index contributed by atoms with van der Waals surface area (Å²) in [7, 11) is 1.81. The smallest absolute Gasteiger partial charge is 0.0659 e. The molecule has 2 aliphatic rings. The van der Waals surface area contributed by atoms with Gasteiger partial charge < -0.3 is 10.1 Å². The summed E-state index contributed by atoms with van der Waals surface area (Å²) in [4.78, 5) is 2.67. The second-order valence-electron chi connectivity index (χ2n) is 6.71. The van der Waals surface area contributed by atoms with E-state index in [0.29, 0.717) is 6.04 Å². The molecule has 0 radical (unpaired) electrons. The van der Waals surface area contributed by atoms with Gasteiger partial charge in [0.25, 0.3) is 0 Å². The molecule has 3 unspecified atom stereocenters. The monoisotopic (exact) mass is 274 g/mol. The van der Waals surface area contributed by atoms with Crippen LogP contribution in [0.5, 0.6) is 0 Å². The van der Waals surface area contributed by atoms with Crippen molar-refractivity contribution in [3.8, 4) is 0 Å². The van der Waals surface area contributed by atoms with Gasteiger partial charge >= 0.3 is 0 Å². The molecule has 2 heterocycles. The van der Waals surface area contributed by atoms with Crippen LogP contribution < -0.4 is 5.32 Å². The van der Waals surface area contributed by atoms with Crippen LogP contribution in [0, 0.1) is 11.8 Å². The molecule has 3 heteroatoms. The lowest BCUT2D eigenvalue weighted by atomic mass is 9.84. The lowest BCUT2D eigenvalue weighted by Gasteiger charge is -2.41. The highest BCUT2D eigenvalue weighted by atomic mass is 16.5. The molecule has 3 rings (SSSR count). The zero-order valence-electron chi connectivity index (χ0n) is 12.8. The highest BCUT2D eigenvalue weighted by Crippen LogP contribution is 2.44. The van der Waals surface area contributed by atoms with Crippen molar-refractivity contribution in [1.82, 2.24) is 10.2 Å². The van der Waals surface area contributed by atoms with Crippen LogP contribution in [0.3, 0.4) is 0 Å². The number of hydrogen-bond donors (Lipinski definition) is 1. The molecule has 1 aromatic rings. The molecule has 3 nitrogen and oxygen atoms in total. The normalized spacial score (nSPS) is 30.4. The SMILES string of the molecule is COCC(c1ccccc1)N1CC2CNCC2C1(C)C. The summed E-state index contributed by atoms with van der Waals surface area (Å²) in [5.74, 6) is 1.54. The third kappa shape index (κ3) is 2.28. The van der Waals surface area contributed by atoms with Crippen molar-refractivity contribution in [1.29, 1.82) is 0 Å². The van der Waals surface area contributed by atoms with Crippen molar-refractivity contribution in [2.24, 2.45) is 11.8 Å². The van der Waals surface area contributed by atoms with Crippen LogP contribution >= 0.6 is 0 Å². The number of benzene rings is 1. The second-order valence-corrected chi connectivity index (χ2v) is 6.71. The number of nitrogens with zero attached hydrogens (tertiary/aromatic N) is 1. The van der Waals surface area contributed by atoms with E-state index < -0.39 is 0 Å². The Labute approximate surface area is 122 Å². The van der Waals surface area contributed by atoms with Gasteiger partial charge in [-0.15, -0.1) is 0 Å². The minimum Gasteiger partial charge on any atom is -0.383 e. The van der Waals surface area contributed by atoms with E-state index in [-0.39, 0.29) is 5.54 Å². The molecule has 0 saturated carbocycles. The molecule has 2 aliphatic heterocycles. The molecule has 0 spiro atoms. The van der Waals surface area contributed by atoms with Crippen LogP contribution in [0.2, 0.25) is 0 Å². The maximum Gasteiger partial charge on any atom is 0.0659 e. The number of nitrogens with one attached hydrogen (secondary N) is 1. The fourth-order valence-electron chi connectivity index (χ4n) is 4.18. The Morgan fingerprint density at radius 3 is 2.70 bits per heavy atom. The molecule has 0 amide bonds. The Hall–Kier alpha value is -0.900. The van der Waals surface area contributed by atoms with Gasteiger partial charge in [-0.05, 0) is 37.8 Å². The molecule has 20 heavy (non-hydrogen) atoms. The first-order chi connectivity index (χ1) is 9.64. The molecule has 1 aromatic carbocycles. The van der Waals surface area contributed by atoms with Gasteiger partial charge in [0.1, 0.15) is 0 Å². The van der Waals surface area contributed by atoms with Crippen LogP contribution in [-0.4, -0.2) is 43.8 Å². The Morgan fingerprint density at radius 2 is 2.05 bits per heavy atom. The summed E-state index contributed by atoms with van der Waals surface area (Å²) in [5, 5.41) is 3.55. The van der Waals surface area contributed by atoms with Crippen LogP contribution in [0.25, 0.3) is 0 Å². The first kappa shape index (κ1) is 14.1. The van der Waals surface area contributed by atoms with E-state index in [4.69, 9.17) is 4.74 Å². The predicted molar refractivity (Wildman–Crippen MR) is 81.7 cm³/mol. The quantitative estimate of drug-likeness (QED) is 0.912. The highest BCUT2D eigenvalue weighted by Gasteiger charge is 2.51. The summed E-state index contributed by atoms with van der Waals surface area (Å²) in [6.45, 7) is 9.06. The predicted octanol–water partition coefficient (Wildman–Crippen LogP) is 2.30. The molecule has 2 fully saturated rings. The van der Waals surface area contributed by atoms with E-state index in [0.717, 1.165) is 25.0 Å². The van der Waals surface area contributed by atoms with Crippen LogP contribution in [0.1, 0.15) is 25.5 Å². The van der Waals surface area contributed by atoms with E-state index >= 15 is 0 Å². The Morgan fingerprint density at radius 1 is 1.30 bits per heavy atom. The summed E-state index contributed by atoms with van der Waals surface area (Å²) in [6, 6.07) is 11.2. The fourth-order valence-corrected chi connectivity index (χ4v) is 4.18. The first-order valence-electron chi connectivity index (χ1n) is 7.66. The largest absolute Gasteiger partial charge is 0.383 e. The first-order valence-corrected chi connectivity index (χ1v) is 7.66. The average Bonchev–Trinajstić information content (AvgIpc) is 3.00. The molecular weight excluding hydrogens is 248 g/mol. The highest BCUT2D eigenvalue weighted by molar-refractivity contribution is 5.21. The van der Waals surface area contributed by atoms with E-state index in [1.54, 1.807) is 7.11 Å². The van der Waals surface area contributed by atoms with Gasteiger partial charge in [-0.25, -0.2) is 0 Å². The molecule has 2 saturated heterocycles. The van der Waals surface area contributed by atoms with Gasteiger partial charge in [-0.2, -0.15) is 0 Å². The third-order valence-corrected chi connectivity index (χ3v) is 5.30. The van der Waals surface area contributed by atoms with Crippen molar-refractivity contribution < 1.29 is 4.74 Å². The number of likely N-dealkylation sites (tertiary alicyclic amines) is 1. The minimum absolute atomic E-state index is 0.229. The van der Waals surface area contributed by atoms with E-state index in [1.807, 2.05) is 0 Å². The molecule has 1 N–H and O–H groups in total. The van der Waals surface area contributed by atoms with E-state index in [1.165, 1.54) is 18.7 Å². The van der Waals surface area contributed by atoms with Crippen LogP contribution in [0.15, 0.2) is 30.3 Å². The Kier molecular flexibility index (Phi) is 3.85. The maximum atomic E-state index is 5.53. The van der Waals surface area contributed by atoms with Crippen molar-refractivity contribution in [3.63, 3.8) is 0 Å². The molecule has 0 aromatic heterocycles. The zero-order chi connectivity index (χ0) is 14.2. The number of hydrogen-bond acceptors (Lipinski definition) is 3. The number of methoxy groups -OCH3 is 1. The maximum absolute atomic E-state index is 5.53. The summed E-state index contributed by atoms with van der Waals surface area (Å²) in [6.07, 6.45) is 0.